The third kappa shape index (κ3) is 2.10. The molecule has 1 aromatic heterocycles. The Bertz CT molecular complexity index is 331. The van der Waals surface area contributed by atoms with Crippen LogP contribution in [0.4, 0.5) is 0 Å². The zero-order valence-electron chi connectivity index (χ0n) is 8.39. The molecule has 13 heavy (non-hydrogen) atoms. The first-order chi connectivity index (χ1) is 6.16. The van der Waals surface area contributed by atoms with Crippen LogP contribution in [0.2, 0.25) is 0 Å². The number of nitrogens with one attached hydrogen (secondary N) is 1. The van der Waals surface area contributed by atoms with Gasteiger partial charge < -0.3 is 5.32 Å². The van der Waals surface area contributed by atoms with Crippen LogP contribution in [0.15, 0.2) is 0 Å². The van der Waals surface area contributed by atoms with Gasteiger partial charge in [-0.2, -0.15) is 5.10 Å². The molecule has 0 radical (unpaired) electrons. The number of hydrogen-bond donors (Lipinski definition) is 1. The molecule has 0 aromatic carbocycles. The van der Waals surface area contributed by atoms with Crippen LogP contribution in [-0.4, -0.2) is 16.3 Å². The van der Waals surface area contributed by atoms with Crippen LogP contribution in [0, 0.1) is 26.2 Å². The largest absolute Gasteiger partial charge is 0.302 e. The lowest BCUT2D eigenvalue weighted by Gasteiger charge is -2.01. The third-order valence-corrected chi connectivity index (χ3v) is 2.19. The first-order valence-corrected chi connectivity index (χ1v) is 4.30. The molecule has 0 saturated heterocycles. The Morgan fingerprint density at radius 3 is 2.69 bits per heavy atom. The van der Waals surface area contributed by atoms with Crippen molar-refractivity contribution in [3.8, 4) is 12.3 Å². The van der Waals surface area contributed by atoms with E-state index >= 15 is 0 Å². The molecular formula is C10H15N3. The van der Waals surface area contributed by atoms with E-state index in [1.165, 1.54) is 11.3 Å². The standard InChI is InChI=1S/C10H15N3/c1-5-6-11-7-10-8(2)12-13(4)9(10)3/h1,11H,6-7H2,2-4H3. The fourth-order valence-corrected chi connectivity index (χ4v) is 1.33. The molecule has 1 heterocycles. The number of terminal acetylenes is 1. The average molecular weight is 177 g/mol. The van der Waals surface area contributed by atoms with Crippen molar-refractivity contribution in [1.29, 1.82) is 0 Å². The molecule has 70 valence electrons. The number of aromatic nitrogens is 2. The molecule has 3 heteroatoms. The molecule has 0 amide bonds. The fraction of sp³-hybridized carbons (Fsp3) is 0.500. The molecule has 1 aromatic rings. The Morgan fingerprint density at radius 2 is 2.23 bits per heavy atom. The van der Waals surface area contributed by atoms with Crippen LogP contribution in [0.1, 0.15) is 17.0 Å². The van der Waals surface area contributed by atoms with Crippen molar-refractivity contribution in [2.45, 2.75) is 20.4 Å². The van der Waals surface area contributed by atoms with Crippen molar-refractivity contribution in [3.63, 3.8) is 0 Å². The summed E-state index contributed by atoms with van der Waals surface area (Å²) in [5.74, 6) is 2.55. The quantitative estimate of drug-likeness (QED) is 0.545. The highest BCUT2D eigenvalue weighted by atomic mass is 15.3. The highest BCUT2D eigenvalue weighted by Crippen LogP contribution is 2.10. The number of nitrogens with zero attached hydrogens (tertiary/aromatic N) is 2. The van der Waals surface area contributed by atoms with Gasteiger partial charge in [0.05, 0.1) is 12.2 Å². The van der Waals surface area contributed by atoms with Gasteiger partial charge in [-0.3, -0.25) is 4.68 Å². The Kier molecular flexibility index (Phi) is 3.10. The van der Waals surface area contributed by atoms with E-state index in [2.05, 4.69) is 23.3 Å². The minimum Gasteiger partial charge on any atom is -0.302 e. The van der Waals surface area contributed by atoms with Gasteiger partial charge in [0, 0.05) is 24.8 Å². The van der Waals surface area contributed by atoms with Crippen molar-refractivity contribution < 1.29 is 0 Å². The second-order valence-electron chi connectivity index (χ2n) is 3.08. The summed E-state index contributed by atoms with van der Waals surface area (Å²) in [5, 5.41) is 7.47. The lowest BCUT2D eigenvalue weighted by molar-refractivity contribution is 0.724. The molecule has 0 atom stereocenters. The van der Waals surface area contributed by atoms with Crippen molar-refractivity contribution in [3.05, 3.63) is 17.0 Å². The van der Waals surface area contributed by atoms with Crippen molar-refractivity contribution in [2.24, 2.45) is 7.05 Å². The molecule has 0 aliphatic heterocycles. The zero-order chi connectivity index (χ0) is 9.84. The summed E-state index contributed by atoms with van der Waals surface area (Å²) in [5.41, 5.74) is 3.52. The lowest BCUT2D eigenvalue weighted by atomic mass is 10.2. The van der Waals surface area contributed by atoms with Gasteiger partial charge in [0.15, 0.2) is 0 Å². The van der Waals surface area contributed by atoms with Crippen LogP contribution in [0.25, 0.3) is 0 Å². The monoisotopic (exact) mass is 177 g/mol. The number of rotatable bonds is 3. The smallest absolute Gasteiger partial charge is 0.0641 e. The topological polar surface area (TPSA) is 29.9 Å². The van der Waals surface area contributed by atoms with Gasteiger partial charge in [-0.05, 0) is 13.8 Å². The SMILES string of the molecule is C#CCNCc1c(C)nn(C)c1C. The van der Waals surface area contributed by atoms with Crippen molar-refractivity contribution in [1.82, 2.24) is 15.1 Å². The summed E-state index contributed by atoms with van der Waals surface area (Å²) >= 11 is 0. The third-order valence-electron chi connectivity index (χ3n) is 2.19. The van der Waals surface area contributed by atoms with E-state index in [9.17, 15) is 0 Å². The van der Waals surface area contributed by atoms with E-state index in [4.69, 9.17) is 6.42 Å². The molecule has 0 spiro atoms. The highest BCUT2D eigenvalue weighted by Gasteiger charge is 2.07. The van der Waals surface area contributed by atoms with Crippen LogP contribution in [0.3, 0.4) is 0 Å². The van der Waals surface area contributed by atoms with Crippen LogP contribution in [0.5, 0.6) is 0 Å². The van der Waals surface area contributed by atoms with E-state index < -0.39 is 0 Å². The van der Waals surface area contributed by atoms with Gasteiger partial charge in [0.2, 0.25) is 0 Å². The molecular weight excluding hydrogens is 162 g/mol. The minimum atomic E-state index is 0.605. The predicted molar refractivity (Wildman–Crippen MR) is 53.2 cm³/mol. The van der Waals surface area contributed by atoms with Crippen molar-refractivity contribution >= 4 is 0 Å². The predicted octanol–water partition coefficient (Wildman–Crippen LogP) is 0.760. The molecule has 0 fully saturated rings. The molecule has 3 nitrogen and oxygen atoms in total. The van der Waals surface area contributed by atoms with Gasteiger partial charge in [0.1, 0.15) is 0 Å². The summed E-state index contributed by atoms with van der Waals surface area (Å²) in [6, 6.07) is 0. The first-order valence-electron chi connectivity index (χ1n) is 4.30. The second-order valence-corrected chi connectivity index (χ2v) is 3.08. The van der Waals surface area contributed by atoms with Gasteiger partial charge >= 0.3 is 0 Å². The summed E-state index contributed by atoms with van der Waals surface area (Å²) < 4.78 is 1.89. The molecule has 0 aliphatic carbocycles. The molecule has 0 saturated carbocycles. The maximum Gasteiger partial charge on any atom is 0.0641 e. The Hall–Kier alpha value is -1.27. The molecule has 1 N–H and O–H groups in total. The van der Waals surface area contributed by atoms with Crippen LogP contribution >= 0.6 is 0 Å². The minimum absolute atomic E-state index is 0.605. The normalized spacial score (nSPS) is 10.0. The summed E-state index contributed by atoms with van der Waals surface area (Å²) in [6.45, 7) is 5.48. The average Bonchev–Trinajstić information content (AvgIpc) is 2.32. The molecule has 0 bridgehead atoms. The molecule has 0 unspecified atom stereocenters. The van der Waals surface area contributed by atoms with Gasteiger partial charge in [-0.15, -0.1) is 6.42 Å². The maximum atomic E-state index is 5.14. The highest BCUT2D eigenvalue weighted by molar-refractivity contribution is 5.24. The molecule has 1 rings (SSSR count). The maximum absolute atomic E-state index is 5.14. The summed E-state index contributed by atoms with van der Waals surface area (Å²) in [7, 11) is 1.95. The van der Waals surface area contributed by atoms with Crippen LogP contribution in [-0.2, 0) is 13.6 Å². The van der Waals surface area contributed by atoms with E-state index in [0.29, 0.717) is 6.54 Å². The Morgan fingerprint density at radius 1 is 1.54 bits per heavy atom. The first kappa shape index (κ1) is 9.82. The van der Waals surface area contributed by atoms with E-state index in [-0.39, 0.29) is 0 Å². The summed E-state index contributed by atoms with van der Waals surface area (Å²) in [4.78, 5) is 0. The fourth-order valence-electron chi connectivity index (χ4n) is 1.33. The van der Waals surface area contributed by atoms with Gasteiger partial charge in [-0.1, -0.05) is 5.92 Å². The van der Waals surface area contributed by atoms with E-state index in [1.807, 2.05) is 18.7 Å². The van der Waals surface area contributed by atoms with Crippen molar-refractivity contribution in [2.75, 3.05) is 6.54 Å². The van der Waals surface area contributed by atoms with Crippen LogP contribution < -0.4 is 5.32 Å². The number of aryl methyl sites for hydroxylation is 2. The van der Waals surface area contributed by atoms with Gasteiger partial charge in [0.25, 0.3) is 0 Å². The molecule has 0 aliphatic rings. The number of hydrogen-bond acceptors (Lipinski definition) is 2. The second kappa shape index (κ2) is 4.11. The summed E-state index contributed by atoms with van der Waals surface area (Å²) in [6.07, 6.45) is 5.14. The Labute approximate surface area is 79.1 Å². The van der Waals surface area contributed by atoms with E-state index in [1.54, 1.807) is 0 Å². The zero-order valence-corrected chi connectivity index (χ0v) is 8.39. The van der Waals surface area contributed by atoms with E-state index in [0.717, 1.165) is 12.2 Å². The van der Waals surface area contributed by atoms with Gasteiger partial charge in [-0.25, -0.2) is 0 Å². The Balaban J connectivity index is 2.71. The lowest BCUT2D eigenvalue weighted by Crippen LogP contribution is -2.14.